The minimum atomic E-state index is 0.549. The molecule has 0 spiro atoms. The first kappa shape index (κ1) is 12.7. The van der Waals surface area contributed by atoms with Gasteiger partial charge in [0.05, 0.1) is 0 Å². The minimum absolute atomic E-state index is 0.549. The molecule has 0 saturated carbocycles. The lowest BCUT2D eigenvalue weighted by Gasteiger charge is -2.00. The fourth-order valence-corrected chi connectivity index (χ4v) is 1.43. The van der Waals surface area contributed by atoms with Gasteiger partial charge in [-0.05, 0) is 18.4 Å². The topological polar surface area (TPSA) is 56.7 Å². The van der Waals surface area contributed by atoms with Gasteiger partial charge in [0, 0.05) is 12.1 Å². The van der Waals surface area contributed by atoms with Crippen molar-refractivity contribution in [2.24, 2.45) is 5.73 Å². The van der Waals surface area contributed by atoms with Crippen LogP contribution in [0.4, 0.5) is 0 Å². The third-order valence-electron chi connectivity index (χ3n) is 1.98. The Morgan fingerprint density at radius 3 is 2.31 bits per heavy atom. The normalized spacial score (nSPS) is 9.50. The summed E-state index contributed by atoms with van der Waals surface area (Å²) < 4.78 is 1.44. The molecule has 5 heteroatoms. The van der Waals surface area contributed by atoms with E-state index in [1.54, 1.807) is 0 Å². The molecule has 0 unspecified atom stereocenters. The molecule has 0 bridgehead atoms. The number of hydrogen-bond acceptors (Lipinski definition) is 4. The van der Waals surface area contributed by atoms with E-state index in [9.17, 15) is 0 Å². The zero-order chi connectivity index (χ0) is 12.0. The predicted octanol–water partition coefficient (Wildman–Crippen LogP) is 2.12. The summed E-state index contributed by atoms with van der Waals surface area (Å²) >= 11 is 4.13. The molecule has 86 valence electrons. The molecule has 1 aromatic heterocycles. The molecule has 1 heterocycles. The zero-order valence-electron chi connectivity index (χ0n) is 9.46. The smallest absolute Gasteiger partial charge is 0.169 e. The highest BCUT2D eigenvalue weighted by atomic mass is 32.1. The standard InChI is InChI=1S/C9H10N4S.C2H6/c10-5-7-1-3-8(4-2-7)9-11-6-12-13(9)14;1-2/h1-4,6,14H,5,10H2;1-2H3. The maximum absolute atomic E-state index is 5.50. The van der Waals surface area contributed by atoms with Gasteiger partial charge in [0.25, 0.3) is 0 Å². The van der Waals surface area contributed by atoms with Crippen molar-refractivity contribution in [2.75, 3.05) is 0 Å². The molecular formula is C11H16N4S. The Bertz CT molecular complexity index is 422. The molecule has 0 aliphatic rings. The highest BCUT2D eigenvalue weighted by Crippen LogP contribution is 2.17. The number of aromatic nitrogens is 3. The molecule has 0 aliphatic carbocycles. The van der Waals surface area contributed by atoms with Gasteiger partial charge < -0.3 is 5.73 Å². The van der Waals surface area contributed by atoms with E-state index in [-0.39, 0.29) is 0 Å². The quantitative estimate of drug-likeness (QED) is 0.785. The van der Waals surface area contributed by atoms with Crippen LogP contribution >= 0.6 is 12.8 Å². The van der Waals surface area contributed by atoms with Gasteiger partial charge in [-0.15, -0.1) is 5.10 Å². The molecule has 0 saturated heterocycles. The van der Waals surface area contributed by atoms with E-state index in [0.29, 0.717) is 6.54 Å². The monoisotopic (exact) mass is 236 g/mol. The molecule has 2 rings (SSSR count). The summed E-state index contributed by atoms with van der Waals surface area (Å²) in [5, 5.41) is 3.88. The number of hydrogen-bond donors (Lipinski definition) is 2. The van der Waals surface area contributed by atoms with Crippen LogP contribution in [0.25, 0.3) is 11.4 Å². The molecule has 2 aromatic rings. The SMILES string of the molecule is CC.NCc1ccc(-c2ncnn2S)cc1. The number of thiol groups is 1. The summed E-state index contributed by atoms with van der Waals surface area (Å²) in [5.74, 6) is 0.733. The number of benzene rings is 1. The third kappa shape index (κ3) is 2.84. The predicted molar refractivity (Wildman–Crippen MR) is 69.1 cm³/mol. The van der Waals surface area contributed by atoms with Gasteiger partial charge in [-0.2, -0.15) is 4.09 Å². The molecular weight excluding hydrogens is 220 g/mol. The van der Waals surface area contributed by atoms with Crippen molar-refractivity contribution < 1.29 is 0 Å². The van der Waals surface area contributed by atoms with Gasteiger partial charge in [0.1, 0.15) is 6.33 Å². The lowest BCUT2D eigenvalue weighted by Crippen LogP contribution is -1.96. The summed E-state index contributed by atoms with van der Waals surface area (Å²) in [4.78, 5) is 4.09. The van der Waals surface area contributed by atoms with Crippen LogP contribution in [-0.4, -0.2) is 14.2 Å². The fraction of sp³-hybridized carbons (Fsp3) is 0.273. The van der Waals surface area contributed by atoms with E-state index in [4.69, 9.17) is 5.73 Å². The molecule has 0 aliphatic heterocycles. The Morgan fingerprint density at radius 1 is 1.25 bits per heavy atom. The average Bonchev–Trinajstić information content (AvgIpc) is 2.78. The summed E-state index contributed by atoms with van der Waals surface area (Å²) in [6.07, 6.45) is 1.47. The van der Waals surface area contributed by atoms with Gasteiger partial charge >= 0.3 is 0 Å². The molecule has 0 radical (unpaired) electrons. The second-order valence-electron chi connectivity index (χ2n) is 2.87. The van der Waals surface area contributed by atoms with Crippen LogP contribution in [0.2, 0.25) is 0 Å². The summed E-state index contributed by atoms with van der Waals surface area (Å²) in [6, 6.07) is 7.85. The summed E-state index contributed by atoms with van der Waals surface area (Å²) in [5.41, 5.74) is 7.58. The number of nitrogens with two attached hydrogens (primary N) is 1. The number of nitrogens with zero attached hydrogens (tertiary/aromatic N) is 3. The maximum atomic E-state index is 5.50. The van der Waals surface area contributed by atoms with Crippen LogP contribution in [0.3, 0.4) is 0 Å². The van der Waals surface area contributed by atoms with Crippen molar-refractivity contribution in [3.63, 3.8) is 0 Å². The van der Waals surface area contributed by atoms with Gasteiger partial charge in [-0.25, -0.2) is 4.98 Å². The Balaban J connectivity index is 0.000000606. The minimum Gasteiger partial charge on any atom is -0.326 e. The number of rotatable bonds is 2. The van der Waals surface area contributed by atoms with Crippen LogP contribution in [0.1, 0.15) is 19.4 Å². The first-order valence-electron chi connectivity index (χ1n) is 5.20. The third-order valence-corrected chi connectivity index (χ3v) is 2.27. The first-order chi connectivity index (χ1) is 7.81. The zero-order valence-corrected chi connectivity index (χ0v) is 10.4. The van der Waals surface area contributed by atoms with Crippen molar-refractivity contribution in [1.82, 2.24) is 14.2 Å². The van der Waals surface area contributed by atoms with Crippen molar-refractivity contribution >= 4 is 12.8 Å². The Hall–Kier alpha value is -1.33. The first-order valence-corrected chi connectivity index (χ1v) is 5.60. The molecule has 2 N–H and O–H groups in total. The van der Waals surface area contributed by atoms with Gasteiger partial charge in [-0.1, -0.05) is 38.1 Å². The van der Waals surface area contributed by atoms with Crippen molar-refractivity contribution in [3.05, 3.63) is 36.2 Å². The van der Waals surface area contributed by atoms with Gasteiger partial charge in [0.15, 0.2) is 5.82 Å². The summed E-state index contributed by atoms with van der Waals surface area (Å²) in [6.45, 7) is 4.55. The van der Waals surface area contributed by atoms with Crippen LogP contribution in [0.5, 0.6) is 0 Å². The molecule has 0 fully saturated rings. The van der Waals surface area contributed by atoms with Crippen LogP contribution in [0, 0.1) is 0 Å². The van der Waals surface area contributed by atoms with Crippen molar-refractivity contribution in [3.8, 4) is 11.4 Å². The highest BCUT2D eigenvalue weighted by molar-refractivity contribution is 7.78. The second kappa shape index (κ2) is 6.30. The lowest BCUT2D eigenvalue weighted by molar-refractivity contribution is 1.02. The van der Waals surface area contributed by atoms with E-state index in [2.05, 4.69) is 22.9 Å². The van der Waals surface area contributed by atoms with Crippen molar-refractivity contribution in [1.29, 1.82) is 0 Å². The van der Waals surface area contributed by atoms with E-state index in [1.165, 1.54) is 10.4 Å². The molecule has 16 heavy (non-hydrogen) atoms. The van der Waals surface area contributed by atoms with E-state index in [1.807, 2.05) is 38.1 Å². The van der Waals surface area contributed by atoms with E-state index < -0.39 is 0 Å². The van der Waals surface area contributed by atoms with Gasteiger partial charge in [0.2, 0.25) is 0 Å². The van der Waals surface area contributed by atoms with E-state index >= 15 is 0 Å². The highest BCUT2D eigenvalue weighted by Gasteiger charge is 2.03. The molecule has 0 amide bonds. The maximum Gasteiger partial charge on any atom is 0.169 e. The van der Waals surface area contributed by atoms with Crippen molar-refractivity contribution in [2.45, 2.75) is 20.4 Å². The molecule has 1 aromatic carbocycles. The van der Waals surface area contributed by atoms with Crippen LogP contribution < -0.4 is 5.73 Å². The average molecular weight is 236 g/mol. The largest absolute Gasteiger partial charge is 0.326 e. The Labute approximate surface area is 101 Å². The fourth-order valence-electron chi connectivity index (χ4n) is 1.22. The lowest BCUT2D eigenvalue weighted by atomic mass is 10.1. The Morgan fingerprint density at radius 2 is 1.88 bits per heavy atom. The van der Waals surface area contributed by atoms with Crippen LogP contribution in [-0.2, 0) is 6.54 Å². The second-order valence-corrected chi connectivity index (χ2v) is 3.25. The molecule has 0 atom stereocenters. The van der Waals surface area contributed by atoms with Gasteiger partial charge in [-0.3, -0.25) is 0 Å². The van der Waals surface area contributed by atoms with E-state index in [0.717, 1.165) is 17.0 Å². The van der Waals surface area contributed by atoms with Crippen LogP contribution in [0.15, 0.2) is 30.6 Å². The summed E-state index contributed by atoms with van der Waals surface area (Å²) in [7, 11) is 0. The molecule has 4 nitrogen and oxygen atoms in total. The Kier molecular flexibility index (Phi) is 5.01.